The van der Waals surface area contributed by atoms with E-state index in [-0.39, 0.29) is 16.6 Å². The molecule has 0 radical (unpaired) electrons. The molecular weight excluding hydrogens is 194 g/mol. The van der Waals surface area contributed by atoms with Crippen molar-refractivity contribution in [1.82, 2.24) is 5.32 Å². The van der Waals surface area contributed by atoms with Crippen LogP contribution in [0.4, 0.5) is 9.59 Å². The zero-order chi connectivity index (χ0) is 11.5. The third-order valence-electron chi connectivity index (χ3n) is 3.17. The summed E-state index contributed by atoms with van der Waals surface area (Å²) in [6.07, 6.45) is 2.62. The Morgan fingerprint density at radius 2 is 2.20 bits per heavy atom. The molecule has 0 saturated carbocycles. The van der Waals surface area contributed by atoms with Gasteiger partial charge in [-0.2, -0.15) is 4.48 Å². The average Bonchev–Trinajstić information content (AvgIpc) is 2.57. The lowest BCUT2D eigenvalue weighted by molar-refractivity contribution is -0.778. The Hall–Kier alpha value is -1.10. The van der Waals surface area contributed by atoms with Crippen molar-refractivity contribution in [3.05, 3.63) is 0 Å². The highest BCUT2D eigenvalue weighted by Crippen LogP contribution is 2.26. The fourth-order valence-corrected chi connectivity index (χ4v) is 2.18. The summed E-state index contributed by atoms with van der Waals surface area (Å²) in [7, 11) is 0. The van der Waals surface area contributed by atoms with Crippen LogP contribution in [0, 0.1) is 0 Å². The first-order chi connectivity index (χ1) is 7.05. The smallest absolute Gasteiger partial charge is 0.318 e. The number of rotatable bonds is 2. The third-order valence-corrected chi connectivity index (χ3v) is 3.17. The monoisotopic (exact) mass is 214 g/mol. The molecule has 0 aromatic heterocycles. The van der Waals surface area contributed by atoms with Crippen LogP contribution in [0.1, 0.15) is 33.1 Å². The van der Waals surface area contributed by atoms with Crippen molar-refractivity contribution < 1.29 is 14.1 Å². The topological polar surface area (TPSA) is 72.2 Å². The SMILES string of the molecule is CCCNC(=O)[N+]1(C(N)=O)CCC[C@H]1C. The van der Waals surface area contributed by atoms with Gasteiger partial charge in [-0.15, -0.1) is 0 Å². The summed E-state index contributed by atoms with van der Waals surface area (Å²) in [5.74, 6) is 0. The van der Waals surface area contributed by atoms with Gasteiger partial charge in [0.1, 0.15) is 6.04 Å². The van der Waals surface area contributed by atoms with Crippen LogP contribution < -0.4 is 11.1 Å². The van der Waals surface area contributed by atoms with Crippen LogP contribution in [0.2, 0.25) is 0 Å². The molecule has 0 spiro atoms. The molecule has 3 N–H and O–H groups in total. The first-order valence-electron chi connectivity index (χ1n) is 5.51. The quantitative estimate of drug-likeness (QED) is 0.677. The summed E-state index contributed by atoms with van der Waals surface area (Å²) >= 11 is 0. The van der Waals surface area contributed by atoms with Crippen molar-refractivity contribution in [2.24, 2.45) is 5.73 Å². The molecule has 1 heterocycles. The second-order valence-corrected chi connectivity index (χ2v) is 4.15. The van der Waals surface area contributed by atoms with Crippen molar-refractivity contribution in [3.63, 3.8) is 0 Å². The highest BCUT2D eigenvalue weighted by atomic mass is 16.2. The summed E-state index contributed by atoms with van der Waals surface area (Å²) in [5.41, 5.74) is 5.37. The molecule has 86 valence electrons. The van der Waals surface area contributed by atoms with Crippen LogP contribution in [0.5, 0.6) is 0 Å². The molecule has 2 atom stereocenters. The van der Waals surface area contributed by atoms with Crippen molar-refractivity contribution in [2.75, 3.05) is 13.1 Å². The molecule has 1 fully saturated rings. The van der Waals surface area contributed by atoms with E-state index in [9.17, 15) is 9.59 Å². The lowest BCUT2D eigenvalue weighted by Gasteiger charge is -2.30. The van der Waals surface area contributed by atoms with E-state index in [2.05, 4.69) is 5.32 Å². The van der Waals surface area contributed by atoms with E-state index in [0.717, 1.165) is 19.3 Å². The highest BCUT2D eigenvalue weighted by Gasteiger charge is 2.51. The molecular formula is C10H20N3O2+. The lowest BCUT2D eigenvalue weighted by Crippen LogP contribution is -2.64. The zero-order valence-corrected chi connectivity index (χ0v) is 9.45. The first kappa shape index (κ1) is 12.0. The number of hydrogen-bond acceptors (Lipinski definition) is 2. The second-order valence-electron chi connectivity index (χ2n) is 4.15. The minimum atomic E-state index is -0.534. The van der Waals surface area contributed by atoms with E-state index in [4.69, 9.17) is 5.73 Å². The van der Waals surface area contributed by atoms with E-state index < -0.39 is 6.03 Å². The van der Waals surface area contributed by atoms with Gasteiger partial charge in [0.2, 0.25) is 0 Å². The molecule has 1 saturated heterocycles. The molecule has 5 heteroatoms. The van der Waals surface area contributed by atoms with Gasteiger partial charge >= 0.3 is 12.1 Å². The largest absolute Gasteiger partial charge is 0.425 e. The highest BCUT2D eigenvalue weighted by molar-refractivity contribution is 5.82. The zero-order valence-electron chi connectivity index (χ0n) is 9.45. The normalized spacial score (nSPS) is 30.1. The van der Waals surface area contributed by atoms with Crippen LogP contribution >= 0.6 is 0 Å². The van der Waals surface area contributed by atoms with Gasteiger partial charge < -0.3 is 11.1 Å². The number of hydrogen-bond donors (Lipinski definition) is 2. The van der Waals surface area contributed by atoms with Gasteiger partial charge in [-0.1, -0.05) is 6.92 Å². The van der Waals surface area contributed by atoms with E-state index in [1.54, 1.807) is 0 Å². The third kappa shape index (κ3) is 1.97. The molecule has 5 nitrogen and oxygen atoms in total. The average molecular weight is 214 g/mol. The number of nitrogens with one attached hydrogen (secondary N) is 1. The Morgan fingerprint density at radius 1 is 1.53 bits per heavy atom. The number of amides is 4. The Morgan fingerprint density at radius 3 is 2.60 bits per heavy atom. The molecule has 0 aromatic rings. The van der Waals surface area contributed by atoms with Crippen LogP contribution in [0.3, 0.4) is 0 Å². The number of urea groups is 2. The number of carbonyl (C=O) groups excluding carboxylic acids is 2. The van der Waals surface area contributed by atoms with E-state index >= 15 is 0 Å². The molecule has 15 heavy (non-hydrogen) atoms. The number of nitrogens with two attached hydrogens (primary N) is 1. The number of imide groups is 1. The Kier molecular flexibility index (Phi) is 3.68. The summed E-state index contributed by atoms with van der Waals surface area (Å²) in [5, 5.41) is 2.76. The Balaban J connectivity index is 2.82. The fraction of sp³-hybridized carbons (Fsp3) is 0.800. The summed E-state index contributed by atoms with van der Waals surface area (Å²) in [6, 6.07) is -0.776. The molecule has 0 aliphatic carbocycles. The number of nitrogens with zero attached hydrogens (tertiary/aromatic N) is 1. The van der Waals surface area contributed by atoms with Crippen molar-refractivity contribution in [1.29, 1.82) is 0 Å². The molecule has 1 aliphatic heterocycles. The van der Waals surface area contributed by atoms with E-state index in [1.807, 2.05) is 13.8 Å². The number of primary amides is 1. The predicted molar refractivity (Wildman–Crippen MR) is 57.1 cm³/mol. The van der Waals surface area contributed by atoms with Gasteiger partial charge in [-0.25, -0.2) is 9.59 Å². The van der Waals surface area contributed by atoms with Gasteiger partial charge in [0.15, 0.2) is 0 Å². The lowest BCUT2D eigenvalue weighted by atomic mass is 10.2. The summed E-state index contributed by atoms with van der Waals surface area (Å²) in [4.78, 5) is 23.4. The summed E-state index contributed by atoms with van der Waals surface area (Å²) < 4.78 is -0.222. The molecule has 1 rings (SSSR count). The molecule has 4 amide bonds. The van der Waals surface area contributed by atoms with E-state index in [0.29, 0.717) is 13.1 Å². The maximum Gasteiger partial charge on any atom is 0.425 e. The van der Waals surface area contributed by atoms with Crippen molar-refractivity contribution >= 4 is 12.1 Å². The van der Waals surface area contributed by atoms with Gasteiger partial charge in [0.05, 0.1) is 6.54 Å². The second kappa shape index (κ2) is 4.61. The predicted octanol–water partition coefficient (Wildman–Crippen LogP) is 1.18. The van der Waals surface area contributed by atoms with E-state index in [1.165, 1.54) is 0 Å². The molecule has 0 aromatic carbocycles. The maximum atomic E-state index is 11.9. The number of quaternary nitrogens is 1. The summed E-state index contributed by atoms with van der Waals surface area (Å²) in [6.45, 7) is 5.01. The molecule has 1 unspecified atom stereocenters. The van der Waals surface area contributed by atoms with Gasteiger partial charge in [0, 0.05) is 19.4 Å². The number of carbonyl (C=O) groups is 2. The van der Waals surface area contributed by atoms with Crippen LogP contribution in [-0.2, 0) is 0 Å². The minimum absolute atomic E-state index is 0.000596. The van der Waals surface area contributed by atoms with Gasteiger partial charge in [0.25, 0.3) is 0 Å². The fourth-order valence-electron chi connectivity index (χ4n) is 2.18. The van der Waals surface area contributed by atoms with Crippen molar-refractivity contribution in [2.45, 2.75) is 39.2 Å². The Bertz CT molecular complexity index is 267. The van der Waals surface area contributed by atoms with Gasteiger partial charge in [-0.3, -0.25) is 0 Å². The van der Waals surface area contributed by atoms with Crippen LogP contribution in [0.25, 0.3) is 0 Å². The first-order valence-corrected chi connectivity index (χ1v) is 5.51. The van der Waals surface area contributed by atoms with Crippen molar-refractivity contribution in [3.8, 4) is 0 Å². The minimum Gasteiger partial charge on any atom is -0.318 e. The maximum absolute atomic E-state index is 11.9. The van der Waals surface area contributed by atoms with Crippen LogP contribution in [-0.4, -0.2) is 35.7 Å². The molecule has 0 bridgehead atoms. The van der Waals surface area contributed by atoms with Gasteiger partial charge in [-0.05, 0) is 13.3 Å². The van der Waals surface area contributed by atoms with Crippen LogP contribution in [0.15, 0.2) is 0 Å². The number of likely N-dealkylation sites (tertiary alicyclic amines) is 1. The standard InChI is InChI=1S/C10H19N3O2/c1-3-6-12-10(15)13(9(11)14)7-4-5-8(13)2/h8H,3-7H2,1-2H3,(H2-,11,12,14,15)/p+1/t8-,13?/m1/s1. The Labute approximate surface area is 90.2 Å². The molecule has 1 aliphatic rings.